The van der Waals surface area contributed by atoms with Gasteiger partial charge in [-0.3, -0.25) is 0 Å². The molecule has 96 valence electrons. The Morgan fingerprint density at radius 3 is 2.83 bits per heavy atom. The Hall–Kier alpha value is -1.47. The predicted molar refractivity (Wildman–Crippen MR) is 67.1 cm³/mol. The van der Waals surface area contributed by atoms with Crippen molar-refractivity contribution in [3.8, 4) is 17.3 Å². The largest absolute Gasteiger partial charge is 0.494 e. The van der Waals surface area contributed by atoms with Gasteiger partial charge in [0, 0.05) is 6.61 Å². The summed E-state index contributed by atoms with van der Waals surface area (Å²) in [6.07, 6.45) is 0. The minimum atomic E-state index is 0.306. The molecule has 6 nitrogen and oxygen atoms in total. The van der Waals surface area contributed by atoms with Gasteiger partial charge in [0.25, 0.3) is 5.89 Å². The van der Waals surface area contributed by atoms with Crippen molar-refractivity contribution in [3.63, 3.8) is 0 Å². The molecule has 0 bridgehead atoms. The molecule has 0 radical (unpaired) electrons. The summed E-state index contributed by atoms with van der Waals surface area (Å²) in [6.45, 7) is 2.81. The Bertz CT molecular complexity index is 530. The fourth-order valence-corrected chi connectivity index (χ4v) is 1.79. The first-order valence-corrected chi connectivity index (χ1v) is 6.15. The summed E-state index contributed by atoms with van der Waals surface area (Å²) in [5.41, 5.74) is 0.606. The number of ether oxygens (including phenoxy) is 2. The lowest BCUT2D eigenvalue weighted by atomic mass is 10.3. The summed E-state index contributed by atoms with van der Waals surface area (Å²) in [7, 11) is 1.58. The van der Waals surface area contributed by atoms with Crippen LogP contribution < -0.4 is 4.74 Å². The molecule has 2 aromatic rings. The molecule has 0 N–H and O–H groups in total. The molecule has 0 amide bonds. The lowest BCUT2D eigenvalue weighted by molar-refractivity contribution is 0.109. The van der Waals surface area contributed by atoms with Crippen molar-refractivity contribution in [2.75, 3.05) is 13.7 Å². The van der Waals surface area contributed by atoms with E-state index in [-0.39, 0.29) is 0 Å². The molecular formula is C11H12BrN3O3. The quantitative estimate of drug-likeness (QED) is 0.790. The van der Waals surface area contributed by atoms with E-state index in [1.165, 1.54) is 0 Å². The first-order valence-electron chi connectivity index (χ1n) is 5.35. The van der Waals surface area contributed by atoms with Gasteiger partial charge in [-0.2, -0.15) is 4.98 Å². The van der Waals surface area contributed by atoms with E-state index >= 15 is 0 Å². The van der Waals surface area contributed by atoms with Crippen LogP contribution in [0, 0.1) is 0 Å². The number of halogens is 1. The van der Waals surface area contributed by atoms with E-state index < -0.39 is 0 Å². The molecule has 0 aromatic carbocycles. The van der Waals surface area contributed by atoms with Crippen LogP contribution in [-0.2, 0) is 11.3 Å². The number of rotatable bonds is 5. The van der Waals surface area contributed by atoms with Gasteiger partial charge < -0.3 is 14.0 Å². The minimum absolute atomic E-state index is 0.306. The standard InChI is InChI=1S/C11H12BrN3O3/c1-3-17-6-9-14-11(15-18-9)7-4-5-8(16-2)10(12)13-7/h4-5H,3,6H2,1-2H3. The molecule has 18 heavy (non-hydrogen) atoms. The van der Waals surface area contributed by atoms with E-state index in [2.05, 4.69) is 31.1 Å². The summed E-state index contributed by atoms with van der Waals surface area (Å²) in [4.78, 5) is 8.46. The third-order valence-electron chi connectivity index (χ3n) is 2.16. The van der Waals surface area contributed by atoms with Crippen LogP contribution in [-0.4, -0.2) is 28.8 Å². The molecule has 0 saturated heterocycles. The molecule has 7 heteroatoms. The Balaban J connectivity index is 2.20. The van der Waals surface area contributed by atoms with Crippen LogP contribution in [0.25, 0.3) is 11.5 Å². The van der Waals surface area contributed by atoms with Crippen LogP contribution >= 0.6 is 15.9 Å². The molecule has 0 saturated carbocycles. The lowest BCUT2D eigenvalue weighted by Gasteiger charge is -2.02. The molecule has 0 aliphatic carbocycles. The van der Waals surface area contributed by atoms with E-state index in [1.54, 1.807) is 19.2 Å². The van der Waals surface area contributed by atoms with Crippen LogP contribution in [0.15, 0.2) is 21.3 Å². The minimum Gasteiger partial charge on any atom is -0.494 e. The SMILES string of the molecule is CCOCc1nc(-c2ccc(OC)c(Br)n2)no1. The first kappa shape index (κ1) is 13.0. The summed E-state index contributed by atoms with van der Waals surface area (Å²) in [5.74, 6) is 1.51. The Morgan fingerprint density at radius 1 is 1.33 bits per heavy atom. The molecule has 0 aliphatic rings. The zero-order valence-corrected chi connectivity index (χ0v) is 11.6. The molecular weight excluding hydrogens is 302 g/mol. The lowest BCUT2D eigenvalue weighted by Crippen LogP contribution is -1.93. The van der Waals surface area contributed by atoms with E-state index in [0.29, 0.717) is 41.0 Å². The van der Waals surface area contributed by atoms with Crippen molar-refractivity contribution in [3.05, 3.63) is 22.6 Å². The maximum atomic E-state index is 5.18. The van der Waals surface area contributed by atoms with Gasteiger partial charge in [-0.25, -0.2) is 4.98 Å². The number of hydrogen-bond donors (Lipinski definition) is 0. The van der Waals surface area contributed by atoms with Crippen molar-refractivity contribution in [1.29, 1.82) is 0 Å². The van der Waals surface area contributed by atoms with Crippen molar-refractivity contribution in [1.82, 2.24) is 15.1 Å². The van der Waals surface area contributed by atoms with Crippen molar-refractivity contribution in [2.45, 2.75) is 13.5 Å². The molecule has 0 aliphatic heterocycles. The third-order valence-corrected chi connectivity index (χ3v) is 2.73. The zero-order valence-electron chi connectivity index (χ0n) is 10.0. The summed E-state index contributed by atoms with van der Waals surface area (Å²) >= 11 is 3.31. The van der Waals surface area contributed by atoms with Crippen LogP contribution in [0.5, 0.6) is 5.75 Å². The van der Waals surface area contributed by atoms with Crippen LogP contribution in [0.3, 0.4) is 0 Å². The van der Waals surface area contributed by atoms with Gasteiger partial charge in [-0.15, -0.1) is 0 Å². The maximum absolute atomic E-state index is 5.18. The van der Waals surface area contributed by atoms with E-state index in [9.17, 15) is 0 Å². The second kappa shape index (κ2) is 5.92. The van der Waals surface area contributed by atoms with Gasteiger partial charge in [0.2, 0.25) is 5.82 Å². The second-order valence-corrected chi connectivity index (χ2v) is 4.09. The summed E-state index contributed by atoms with van der Waals surface area (Å²) < 4.78 is 15.9. The number of nitrogens with zero attached hydrogens (tertiary/aromatic N) is 3. The highest BCUT2D eigenvalue weighted by Gasteiger charge is 2.12. The fourth-order valence-electron chi connectivity index (χ4n) is 1.31. The van der Waals surface area contributed by atoms with Gasteiger partial charge in [0.05, 0.1) is 7.11 Å². The third kappa shape index (κ3) is 2.85. The fraction of sp³-hybridized carbons (Fsp3) is 0.364. The van der Waals surface area contributed by atoms with Crippen molar-refractivity contribution < 1.29 is 14.0 Å². The number of hydrogen-bond acceptors (Lipinski definition) is 6. The maximum Gasteiger partial charge on any atom is 0.252 e. The molecule has 2 heterocycles. The molecule has 0 unspecified atom stereocenters. The smallest absolute Gasteiger partial charge is 0.252 e. The number of aromatic nitrogens is 3. The molecule has 2 rings (SSSR count). The van der Waals surface area contributed by atoms with Gasteiger partial charge in [0.1, 0.15) is 16.9 Å². The molecule has 0 fully saturated rings. The summed E-state index contributed by atoms with van der Waals surface area (Å²) in [6, 6.07) is 3.55. The van der Waals surface area contributed by atoms with Gasteiger partial charge >= 0.3 is 0 Å². The normalized spacial score (nSPS) is 10.6. The number of methoxy groups -OCH3 is 1. The van der Waals surface area contributed by atoms with Crippen LogP contribution in [0.2, 0.25) is 0 Å². The Labute approximate surface area is 112 Å². The van der Waals surface area contributed by atoms with Gasteiger partial charge in [-0.1, -0.05) is 5.16 Å². The highest BCUT2D eigenvalue weighted by molar-refractivity contribution is 9.10. The molecule has 0 atom stereocenters. The van der Waals surface area contributed by atoms with Gasteiger partial charge in [0.15, 0.2) is 5.75 Å². The summed E-state index contributed by atoms with van der Waals surface area (Å²) in [5, 5.41) is 3.85. The van der Waals surface area contributed by atoms with E-state index in [0.717, 1.165) is 0 Å². The Morgan fingerprint density at radius 2 is 2.17 bits per heavy atom. The highest BCUT2D eigenvalue weighted by atomic mass is 79.9. The predicted octanol–water partition coefficient (Wildman–Crippen LogP) is 2.44. The monoisotopic (exact) mass is 313 g/mol. The first-order chi connectivity index (χ1) is 8.74. The average Bonchev–Trinajstić information content (AvgIpc) is 2.85. The highest BCUT2D eigenvalue weighted by Crippen LogP contribution is 2.25. The van der Waals surface area contributed by atoms with Crippen molar-refractivity contribution >= 4 is 15.9 Å². The van der Waals surface area contributed by atoms with Crippen LogP contribution in [0.1, 0.15) is 12.8 Å². The second-order valence-electron chi connectivity index (χ2n) is 3.34. The average molecular weight is 314 g/mol. The van der Waals surface area contributed by atoms with Crippen molar-refractivity contribution in [2.24, 2.45) is 0 Å². The molecule has 2 aromatic heterocycles. The Kier molecular flexibility index (Phi) is 4.27. The van der Waals surface area contributed by atoms with Gasteiger partial charge in [-0.05, 0) is 35.0 Å². The zero-order chi connectivity index (χ0) is 13.0. The number of pyridine rings is 1. The molecule has 0 spiro atoms. The van der Waals surface area contributed by atoms with E-state index in [4.69, 9.17) is 14.0 Å². The topological polar surface area (TPSA) is 70.3 Å². The van der Waals surface area contributed by atoms with Crippen LogP contribution in [0.4, 0.5) is 0 Å². The van der Waals surface area contributed by atoms with E-state index in [1.807, 2.05) is 6.92 Å².